The Labute approximate surface area is 103 Å². The minimum Gasteiger partial charge on any atom is -0.496 e. The van der Waals surface area contributed by atoms with Crippen LogP contribution in [-0.2, 0) is 0 Å². The van der Waals surface area contributed by atoms with Crippen LogP contribution >= 0.6 is 0 Å². The summed E-state index contributed by atoms with van der Waals surface area (Å²) in [6, 6.07) is 8.50. The van der Waals surface area contributed by atoms with E-state index in [0.717, 1.165) is 0 Å². The van der Waals surface area contributed by atoms with Crippen molar-refractivity contribution >= 4 is 11.9 Å². The maximum absolute atomic E-state index is 10.9. The van der Waals surface area contributed by atoms with Crippen LogP contribution in [0.1, 0.15) is 10.5 Å². The van der Waals surface area contributed by atoms with E-state index in [2.05, 4.69) is 9.97 Å². The smallest absolute Gasteiger partial charge is 0.354 e. The number of nitrogens with two attached hydrogens (primary N) is 1. The molecule has 0 unspecified atom stereocenters. The lowest BCUT2D eigenvalue weighted by molar-refractivity contribution is 0.0690. The number of carboxylic acids is 1. The largest absolute Gasteiger partial charge is 0.496 e. The SMILES string of the molecule is COc1ccccc1-c1cc(C(=O)O)nc(N)n1. The number of anilines is 1. The van der Waals surface area contributed by atoms with Crippen LogP contribution in [0.3, 0.4) is 0 Å². The van der Waals surface area contributed by atoms with E-state index >= 15 is 0 Å². The minimum absolute atomic E-state index is 0.0872. The Morgan fingerprint density at radius 2 is 2.06 bits per heavy atom. The van der Waals surface area contributed by atoms with Crippen molar-refractivity contribution in [2.45, 2.75) is 0 Å². The minimum atomic E-state index is -1.15. The van der Waals surface area contributed by atoms with Gasteiger partial charge in [0.15, 0.2) is 5.69 Å². The number of carboxylic acid groups (broad SMARTS) is 1. The summed E-state index contributed by atoms with van der Waals surface area (Å²) in [4.78, 5) is 18.6. The molecular weight excluding hydrogens is 234 g/mol. The maximum Gasteiger partial charge on any atom is 0.354 e. The Balaban J connectivity index is 2.60. The molecule has 3 N–H and O–H groups in total. The lowest BCUT2D eigenvalue weighted by atomic mass is 10.1. The number of methoxy groups -OCH3 is 1. The molecule has 0 aliphatic carbocycles. The first-order valence-electron chi connectivity index (χ1n) is 5.13. The topological polar surface area (TPSA) is 98.3 Å². The number of ether oxygens (including phenoxy) is 1. The van der Waals surface area contributed by atoms with Gasteiger partial charge in [-0.1, -0.05) is 12.1 Å². The summed E-state index contributed by atoms with van der Waals surface area (Å²) in [5, 5.41) is 8.93. The van der Waals surface area contributed by atoms with Crippen LogP contribution in [0.4, 0.5) is 5.95 Å². The highest BCUT2D eigenvalue weighted by Gasteiger charge is 2.12. The van der Waals surface area contributed by atoms with E-state index in [4.69, 9.17) is 15.6 Å². The third-order valence-electron chi connectivity index (χ3n) is 2.35. The van der Waals surface area contributed by atoms with Gasteiger partial charge < -0.3 is 15.6 Å². The third kappa shape index (κ3) is 2.22. The summed E-state index contributed by atoms with van der Waals surface area (Å²) in [5.41, 5.74) is 6.43. The van der Waals surface area contributed by atoms with Crippen LogP contribution < -0.4 is 10.5 Å². The molecule has 0 radical (unpaired) electrons. The van der Waals surface area contributed by atoms with Gasteiger partial charge in [-0.15, -0.1) is 0 Å². The standard InChI is InChI=1S/C12H11N3O3/c1-18-10-5-3-2-4-7(10)8-6-9(11(16)17)15-12(13)14-8/h2-6H,1H3,(H,16,17)(H2,13,14,15). The van der Waals surface area contributed by atoms with Gasteiger partial charge in [0, 0.05) is 5.56 Å². The van der Waals surface area contributed by atoms with Crippen molar-refractivity contribution in [3.63, 3.8) is 0 Å². The van der Waals surface area contributed by atoms with Gasteiger partial charge in [0.25, 0.3) is 0 Å². The number of nitrogen functional groups attached to an aromatic ring is 1. The van der Waals surface area contributed by atoms with Crippen molar-refractivity contribution in [3.05, 3.63) is 36.0 Å². The average Bonchev–Trinajstić information content (AvgIpc) is 2.38. The number of carbonyl (C=O) groups is 1. The van der Waals surface area contributed by atoms with Crippen molar-refractivity contribution in [2.24, 2.45) is 0 Å². The highest BCUT2D eigenvalue weighted by atomic mass is 16.5. The Bertz CT molecular complexity index is 599. The molecule has 0 amide bonds. The molecule has 2 aromatic rings. The van der Waals surface area contributed by atoms with E-state index in [1.54, 1.807) is 18.2 Å². The molecule has 6 heteroatoms. The average molecular weight is 245 g/mol. The van der Waals surface area contributed by atoms with Crippen LogP contribution in [0.15, 0.2) is 30.3 Å². The van der Waals surface area contributed by atoms with Gasteiger partial charge in [-0.05, 0) is 18.2 Å². The van der Waals surface area contributed by atoms with E-state index in [1.807, 2.05) is 6.07 Å². The molecule has 6 nitrogen and oxygen atoms in total. The van der Waals surface area contributed by atoms with Crippen LogP contribution in [0, 0.1) is 0 Å². The second-order valence-electron chi connectivity index (χ2n) is 3.50. The highest BCUT2D eigenvalue weighted by molar-refractivity contribution is 5.87. The summed E-state index contributed by atoms with van der Waals surface area (Å²) < 4.78 is 5.19. The molecular formula is C12H11N3O3. The fraction of sp³-hybridized carbons (Fsp3) is 0.0833. The second-order valence-corrected chi connectivity index (χ2v) is 3.50. The molecule has 0 atom stereocenters. The van der Waals surface area contributed by atoms with Gasteiger partial charge in [0.2, 0.25) is 5.95 Å². The molecule has 0 saturated carbocycles. The molecule has 92 valence electrons. The first kappa shape index (κ1) is 11.8. The fourth-order valence-electron chi connectivity index (χ4n) is 1.57. The van der Waals surface area contributed by atoms with E-state index < -0.39 is 5.97 Å². The van der Waals surface area contributed by atoms with E-state index in [-0.39, 0.29) is 11.6 Å². The zero-order valence-electron chi connectivity index (χ0n) is 9.62. The number of rotatable bonds is 3. The first-order chi connectivity index (χ1) is 8.61. The van der Waals surface area contributed by atoms with Crippen LogP contribution in [0.5, 0.6) is 5.75 Å². The number of benzene rings is 1. The molecule has 0 fully saturated rings. The van der Waals surface area contributed by atoms with Gasteiger partial charge in [0.1, 0.15) is 5.75 Å². The lowest BCUT2D eigenvalue weighted by Crippen LogP contribution is -2.06. The van der Waals surface area contributed by atoms with Gasteiger partial charge in [-0.2, -0.15) is 0 Å². The third-order valence-corrected chi connectivity index (χ3v) is 2.35. The summed E-state index contributed by atoms with van der Waals surface area (Å²) in [6.07, 6.45) is 0. The van der Waals surface area contributed by atoms with Crippen molar-refractivity contribution in [1.29, 1.82) is 0 Å². The molecule has 0 bridgehead atoms. The van der Waals surface area contributed by atoms with Crippen molar-refractivity contribution < 1.29 is 14.6 Å². The molecule has 1 aromatic heterocycles. The highest BCUT2D eigenvalue weighted by Crippen LogP contribution is 2.28. The fourth-order valence-corrected chi connectivity index (χ4v) is 1.57. The normalized spacial score (nSPS) is 10.1. The number of hydrogen-bond donors (Lipinski definition) is 2. The number of para-hydroxylation sites is 1. The molecule has 1 aromatic carbocycles. The van der Waals surface area contributed by atoms with Gasteiger partial charge >= 0.3 is 5.97 Å². The van der Waals surface area contributed by atoms with Gasteiger partial charge in [-0.3, -0.25) is 0 Å². The maximum atomic E-state index is 10.9. The van der Waals surface area contributed by atoms with Crippen LogP contribution in [0.25, 0.3) is 11.3 Å². The summed E-state index contributed by atoms with van der Waals surface area (Å²) >= 11 is 0. The van der Waals surface area contributed by atoms with Crippen molar-refractivity contribution in [2.75, 3.05) is 12.8 Å². The van der Waals surface area contributed by atoms with Gasteiger partial charge in [-0.25, -0.2) is 14.8 Å². The molecule has 0 aliphatic rings. The Morgan fingerprint density at radius 3 is 2.72 bits per heavy atom. The molecule has 18 heavy (non-hydrogen) atoms. The quantitative estimate of drug-likeness (QED) is 0.848. The Hall–Kier alpha value is -2.63. The zero-order chi connectivity index (χ0) is 13.1. The van der Waals surface area contributed by atoms with Crippen molar-refractivity contribution in [1.82, 2.24) is 9.97 Å². The number of aromatic nitrogens is 2. The molecule has 0 aliphatic heterocycles. The molecule has 0 spiro atoms. The zero-order valence-corrected chi connectivity index (χ0v) is 9.62. The van der Waals surface area contributed by atoms with Crippen LogP contribution in [-0.4, -0.2) is 28.2 Å². The number of hydrogen-bond acceptors (Lipinski definition) is 5. The Morgan fingerprint density at radius 1 is 1.33 bits per heavy atom. The first-order valence-corrected chi connectivity index (χ1v) is 5.13. The predicted octanol–water partition coefficient (Wildman–Crippen LogP) is 1.43. The van der Waals surface area contributed by atoms with E-state index in [1.165, 1.54) is 13.2 Å². The van der Waals surface area contributed by atoms with E-state index in [9.17, 15) is 4.79 Å². The van der Waals surface area contributed by atoms with Crippen molar-refractivity contribution in [3.8, 4) is 17.0 Å². The molecule has 2 rings (SSSR count). The molecule has 0 saturated heterocycles. The predicted molar refractivity (Wildman–Crippen MR) is 65.4 cm³/mol. The Kier molecular flexibility index (Phi) is 3.09. The van der Waals surface area contributed by atoms with E-state index in [0.29, 0.717) is 17.0 Å². The number of nitrogens with zero attached hydrogens (tertiary/aromatic N) is 2. The monoisotopic (exact) mass is 245 g/mol. The molecule has 1 heterocycles. The van der Waals surface area contributed by atoms with Crippen LogP contribution in [0.2, 0.25) is 0 Å². The summed E-state index contributed by atoms with van der Waals surface area (Å²) in [6.45, 7) is 0. The summed E-state index contributed by atoms with van der Waals surface area (Å²) in [7, 11) is 1.53. The number of aromatic carboxylic acids is 1. The second kappa shape index (κ2) is 4.70. The lowest BCUT2D eigenvalue weighted by Gasteiger charge is -2.08. The van der Waals surface area contributed by atoms with Gasteiger partial charge in [0.05, 0.1) is 12.8 Å². The summed E-state index contributed by atoms with van der Waals surface area (Å²) in [5.74, 6) is -0.650.